The summed E-state index contributed by atoms with van der Waals surface area (Å²) < 4.78 is 7.82. The van der Waals surface area contributed by atoms with Crippen LogP contribution < -0.4 is 5.73 Å². The number of carbonyl (C=O) groups is 1. The number of morpholine rings is 1. The van der Waals surface area contributed by atoms with Gasteiger partial charge >= 0.3 is 0 Å². The molecule has 0 aliphatic carbocycles. The molecule has 1 fully saturated rings. The Labute approximate surface area is 128 Å². The van der Waals surface area contributed by atoms with E-state index in [0.29, 0.717) is 12.2 Å². The van der Waals surface area contributed by atoms with Crippen LogP contribution in [0.3, 0.4) is 0 Å². The Bertz CT molecular complexity index is 652. The van der Waals surface area contributed by atoms with Crippen LogP contribution in [0.15, 0.2) is 30.9 Å². The monoisotopic (exact) mass is 301 g/mol. The number of pyridine rings is 1. The van der Waals surface area contributed by atoms with Crippen molar-refractivity contribution in [2.24, 2.45) is 12.8 Å². The lowest BCUT2D eigenvalue weighted by molar-refractivity contribution is -0.0355. The van der Waals surface area contributed by atoms with Crippen LogP contribution in [-0.2, 0) is 18.3 Å². The van der Waals surface area contributed by atoms with Crippen LogP contribution in [0.4, 0.5) is 0 Å². The fourth-order valence-corrected chi connectivity index (χ4v) is 2.53. The van der Waals surface area contributed by atoms with Crippen molar-refractivity contribution in [2.45, 2.75) is 12.6 Å². The highest BCUT2D eigenvalue weighted by atomic mass is 16.5. The standard InChI is InChI=1S/C15H19N5O2/c1-19-10-17-7-12(19)8-20-4-5-22-14(9-20)13-3-2-11(6-18-13)15(16)21/h2-3,6-7,10,14H,4-5,8-9H2,1H3,(H2,16,21). The molecule has 1 aliphatic heterocycles. The molecular weight excluding hydrogens is 282 g/mol. The van der Waals surface area contributed by atoms with Gasteiger partial charge in [-0.1, -0.05) is 0 Å². The molecule has 116 valence electrons. The summed E-state index contributed by atoms with van der Waals surface area (Å²) in [7, 11) is 1.99. The molecule has 2 N–H and O–H groups in total. The van der Waals surface area contributed by atoms with Crippen molar-refractivity contribution in [3.8, 4) is 0 Å². The zero-order chi connectivity index (χ0) is 15.5. The third-order valence-corrected chi connectivity index (χ3v) is 3.85. The van der Waals surface area contributed by atoms with Crippen molar-refractivity contribution < 1.29 is 9.53 Å². The molecule has 1 aliphatic rings. The Hall–Kier alpha value is -2.25. The summed E-state index contributed by atoms with van der Waals surface area (Å²) in [6.07, 6.45) is 5.09. The molecule has 2 aromatic heterocycles. The number of aryl methyl sites for hydroxylation is 1. The predicted octanol–water partition coefficient (Wildman–Crippen LogP) is 0.488. The van der Waals surface area contributed by atoms with Gasteiger partial charge in [0.05, 0.1) is 29.9 Å². The van der Waals surface area contributed by atoms with E-state index in [4.69, 9.17) is 10.5 Å². The second kappa shape index (κ2) is 6.25. The minimum atomic E-state index is -0.471. The molecule has 7 nitrogen and oxygen atoms in total. The molecule has 3 rings (SSSR count). The van der Waals surface area contributed by atoms with Crippen LogP contribution in [0.1, 0.15) is 27.8 Å². The molecule has 3 heterocycles. The number of carbonyl (C=O) groups excluding carboxylic acids is 1. The molecule has 1 saturated heterocycles. The second-order valence-corrected chi connectivity index (χ2v) is 5.43. The number of hydrogen-bond donors (Lipinski definition) is 1. The molecule has 7 heteroatoms. The highest BCUT2D eigenvalue weighted by Gasteiger charge is 2.23. The molecule has 2 aromatic rings. The first kappa shape index (κ1) is 14.7. The van der Waals surface area contributed by atoms with Crippen LogP contribution >= 0.6 is 0 Å². The van der Waals surface area contributed by atoms with Crippen LogP contribution in [0.5, 0.6) is 0 Å². The molecule has 0 aromatic carbocycles. The van der Waals surface area contributed by atoms with E-state index in [2.05, 4.69) is 14.9 Å². The van der Waals surface area contributed by atoms with Crippen LogP contribution in [0, 0.1) is 0 Å². The third kappa shape index (κ3) is 3.15. The van der Waals surface area contributed by atoms with Crippen molar-refractivity contribution in [2.75, 3.05) is 19.7 Å². The van der Waals surface area contributed by atoms with Crippen LogP contribution in [0.25, 0.3) is 0 Å². The SMILES string of the molecule is Cn1cncc1CN1CCOC(c2ccc(C(N)=O)cn2)C1. The number of nitrogens with two attached hydrogens (primary N) is 1. The van der Waals surface area contributed by atoms with Gasteiger partial charge in [-0.2, -0.15) is 0 Å². The van der Waals surface area contributed by atoms with Crippen molar-refractivity contribution in [1.29, 1.82) is 0 Å². The van der Waals surface area contributed by atoms with E-state index < -0.39 is 5.91 Å². The van der Waals surface area contributed by atoms with Crippen LogP contribution in [-0.4, -0.2) is 45.0 Å². The zero-order valence-corrected chi connectivity index (χ0v) is 12.5. The minimum Gasteiger partial charge on any atom is -0.369 e. The molecule has 1 unspecified atom stereocenters. The Balaban J connectivity index is 1.67. The number of ether oxygens (including phenoxy) is 1. The van der Waals surface area contributed by atoms with Crippen molar-refractivity contribution in [3.63, 3.8) is 0 Å². The first-order chi connectivity index (χ1) is 10.6. The lowest BCUT2D eigenvalue weighted by atomic mass is 10.1. The van der Waals surface area contributed by atoms with Gasteiger partial charge in [0.1, 0.15) is 6.10 Å². The molecule has 1 atom stereocenters. The third-order valence-electron chi connectivity index (χ3n) is 3.85. The Kier molecular flexibility index (Phi) is 4.17. The van der Waals surface area contributed by atoms with E-state index in [0.717, 1.165) is 31.0 Å². The largest absolute Gasteiger partial charge is 0.369 e. The highest BCUT2D eigenvalue weighted by molar-refractivity contribution is 5.92. The summed E-state index contributed by atoms with van der Waals surface area (Å²) in [6, 6.07) is 3.49. The molecule has 0 radical (unpaired) electrons. The van der Waals surface area contributed by atoms with Gasteiger partial charge in [0.15, 0.2) is 0 Å². The van der Waals surface area contributed by atoms with E-state index in [1.807, 2.05) is 17.8 Å². The van der Waals surface area contributed by atoms with Gasteiger partial charge in [-0.05, 0) is 12.1 Å². The van der Waals surface area contributed by atoms with Gasteiger partial charge in [-0.15, -0.1) is 0 Å². The molecular formula is C15H19N5O2. The quantitative estimate of drug-likeness (QED) is 0.888. The summed E-state index contributed by atoms with van der Waals surface area (Å²) >= 11 is 0. The molecule has 1 amide bonds. The number of nitrogens with zero attached hydrogens (tertiary/aromatic N) is 4. The van der Waals surface area contributed by atoms with E-state index in [9.17, 15) is 4.79 Å². The maximum absolute atomic E-state index is 11.1. The Morgan fingerprint density at radius 2 is 2.32 bits per heavy atom. The van der Waals surface area contributed by atoms with Crippen molar-refractivity contribution in [3.05, 3.63) is 47.8 Å². The summed E-state index contributed by atoms with van der Waals surface area (Å²) in [5.41, 5.74) is 7.62. The van der Waals surface area contributed by atoms with Gasteiger partial charge in [0.25, 0.3) is 0 Å². The smallest absolute Gasteiger partial charge is 0.250 e. The van der Waals surface area contributed by atoms with Gasteiger partial charge in [-0.25, -0.2) is 4.98 Å². The summed E-state index contributed by atoms with van der Waals surface area (Å²) in [6.45, 7) is 3.12. The van der Waals surface area contributed by atoms with Crippen LogP contribution in [0.2, 0.25) is 0 Å². The average Bonchev–Trinajstić information content (AvgIpc) is 2.93. The first-order valence-corrected chi connectivity index (χ1v) is 7.18. The topological polar surface area (TPSA) is 86.3 Å². The number of aromatic nitrogens is 3. The Morgan fingerprint density at radius 3 is 2.95 bits per heavy atom. The maximum Gasteiger partial charge on any atom is 0.250 e. The number of amides is 1. The molecule has 0 saturated carbocycles. The Morgan fingerprint density at radius 1 is 1.45 bits per heavy atom. The summed E-state index contributed by atoms with van der Waals surface area (Å²) in [5.74, 6) is -0.471. The number of rotatable bonds is 4. The molecule has 0 spiro atoms. The van der Waals surface area contributed by atoms with E-state index >= 15 is 0 Å². The number of primary amides is 1. The normalized spacial score (nSPS) is 19.2. The van der Waals surface area contributed by atoms with Gasteiger partial charge in [-0.3, -0.25) is 14.7 Å². The van der Waals surface area contributed by atoms with Crippen molar-refractivity contribution >= 4 is 5.91 Å². The lowest BCUT2D eigenvalue weighted by Gasteiger charge is -2.32. The van der Waals surface area contributed by atoms with Crippen molar-refractivity contribution in [1.82, 2.24) is 19.4 Å². The average molecular weight is 301 g/mol. The van der Waals surface area contributed by atoms with Gasteiger partial charge in [0, 0.05) is 39.1 Å². The predicted molar refractivity (Wildman–Crippen MR) is 79.9 cm³/mol. The zero-order valence-electron chi connectivity index (χ0n) is 12.5. The van der Waals surface area contributed by atoms with Gasteiger partial charge in [0.2, 0.25) is 5.91 Å². The van der Waals surface area contributed by atoms with E-state index in [1.54, 1.807) is 18.5 Å². The highest BCUT2D eigenvalue weighted by Crippen LogP contribution is 2.21. The summed E-state index contributed by atoms with van der Waals surface area (Å²) in [5, 5.41) is 0. The van der Waals surface area contributed by atoms with E-state index in [-0.39, 0.29) is 6.10 Å². The fraction of sp³-hybridized carbons (Fsp3) is 0.400. The second-order valence-electron chi connectivity index (χ2n) is 5.43. The maximum atomic E-state index is 11.1. The summed E-state index contributed by atoms with van der Waals surface area (Å²) in [4.78, 5) is 21.8. The number of imidazole rings is 1. The minimum absolute atomic E-state index is 0.0936. The first-order valence-electron chi connectivity index (χ1n) is 7.18. The molecule has 0 bridgehead atoms. The van der Waals surface area contributed by atoms with Gasteiger partial charge < -0.3 is 15.0 Å². The fourth-order valence-electron chi connectivity index (χ4n) is 2.53. The number of hydrogen-bond acceptors (Lipinski definition) is 5. The van der Waals surface area contributed by atoms with E-state index in [1.165, 1.54) is 6.20 Å². The lowest BCUT2D eigenvalue weighted by Crippen LogP contribution is -2.38. The molecule has 22 heavy (non-hydrogen) atoms.